The Balaban J connectivity index is 1.86. The molecule has 0 spiro atoms. The fraction of sp³-hybridized carbons (Fsp3) is 0.286. The fourth-order valence-electron chi connectivity index (χ4n) is 3.71. The normalized spacial score (nSPS) is 11.5. The minimum Gasteiger partial charge on any atom is -0.483 e. The number of halogens is 1. The van der Waals surface area contributed by atoms with E-state index in [0.29, 0.717) is 18.7 Å². The molecule has 0 bridgehead atoms. The maximum atomic E-state index is 13.5. The molecule has 3 aromatic carbocycles. The Morgan fingerprint density at radius 1 is 0.971 bits per heavy atom. The Morgan fingerprint density at radius 2 is 1.65 bits per heavy atom. The summed E-state index contributed by atoms with van der Waals surface area (Å²) in [6.45, 7) is 4.24. The number of hydrogen-bond donors (Lipinski definition) is 1. The number of amides is 2. The maximum absolute atomic E-state index is 13.5. The van der Waals surface area contributed by atoms with Gasteiger partial charge in [-0.15, -0.1) is 0 Å². The molecule has 0 saturated heterocycles. The van der Waals surface area contributed by atoms with E-state index in [0.717, 1.165) is 27.6 Å². The molecule has 0 saturated carbocycles. The summed E-state index contributed by atoms with van der Waals surface area (Å²) >= 11 is 3.53. The Kier molecular flexibility index (Phi) is 9.28. The number of rotatable bonds is 10. The number of likely N-dealkylation sites (N-methyl/N-ethyl adjacent to an activating group) is 1. The molecule has 0 fully saturated rings. The average Bonchev–Trinajstić information content (AvgIpc) is 2.86. The SMILES string of the molecule is CCc1ccc(OCC(=O)N(Cc2ccc(C)cc2)[C@H](Cc2ccccc2)C(=O)NC)c(Br)c1. The summed E-state index contributed by atoms with van der Waals surface area (Å²) in [6, 6.07) is 22.9. The van der Waals surface area contributed by atoms with Crippen molar-refractivity contribution in [2.45, 2.75) is 39.3 Å². The summed E-state index contributed by atoms with van der Waals surface area (Å²) in [4.78, 5) is 28.0. The summed E-state index contributed by atoms with van der Waals surface area (Å²) in [5.41, 5.74) is 4.25. The van der Waals surface area contributed by atoms with E-state index in [-0.39, 0.29) is 18.4 Å². The van der Waals surface area contributed by atoms with Crippen molar-refractivity contribution in [1.29, 1.82) is 0 Å². The van der Waals surface area contributed by atoms with E-state index < -0.39 is 6.04 Å². The summed E-state index contributed by atoms with van der Waals surface area (Å²) in [5.74, 6) is 0.134. The molecule has 178 valence electrons. The second-order valence-electron chi connectivity index (χ2n) is 8.23. The van der Waals surface area contributed by atoms with E-state index >= 15 is 0 Å². The van der Waals surface area contributed by atoms with Crippen LogP contribution >= 0.6 is 15.9 Å². The molecule has 34 heavy (non-hydrogen) atoms. The van der Waals surface area contributed by atoms with E-state index in [1.807, 2.05) is 79.7 Å². The van der Waals surface area contributed by atoms with Gasteiger partial charge in [-0.3, -0.25) is 9.59 Å². The lowest BCUT2D eigenvalue weighted by atomic mass is 10.0. The zero-order valence-electron chi connectivity index (χ0n) is 19.9. The van der Waals surface area contributed by atoms with Gasteiger partial charge in [-0.1, -0.05) is 73.2 Å². The van der Waals surface area contributed by atoms with Crippen molar-refractivity contribution in [3.8, 4) is 5.75 Å². The molecule has 0 heterocycles. The summed E-state index contributed by atoms with van der Waals surface area (Å²) in [6.07, 6.45) is 1.32. The maximum Gasteiger partial charge on any atom is 0.261 e. The number of carbonyl (C=O) groups excluding carboxylic acids is 2. The molecule has 3 aromatic rings. The second-order valence-corrected chi connectivity index (χ2v) is 9.09. The minimum atomic E-state index is -0.671. The Bertz CT molecular complexity index is 1100. The summed E-state index contributed by atoms with van der Waals surface area (Å²) < 4.78 is 6.68. The first-order chi connectivity index (χ1) is 16.4. The van der Waals surface area contributed by atoms with Crippen molar-refractivity contribution >= 4 is 27.7 Å². The molecule has 0 aromatic heterocycles. The number of nitrogens with one attached hydrogen (secondary N) is 1. The number of hydrogen-bond acceptors (Lipinski definition) is 3. The predicted octanol–water partition coefficient (Wildman–Crippen LogP) is 5.08. The first-order valence-electron chi connectivity index (χ1n) is 11.4. The predicted molar refractivity (Wildman–Crippen MR) is 139 cm³/mol. The van der Waals surface area contributed by atoms with Gasteiger partial charge in [0.25, 0.3) is 5.91 Å². The number of nitrogens with zero attached hydrogens (tertiary/aromatic N) is 1. The largest absolute Gasteiger partial charge is 0.483 e. The number of carbonyl (C=O) groups is 2. The molecule has 1 N–H and O–H groups in total. The molecule has 0 aliphatic carbocycles. The first kappa shape index (κ1) is 25.5. The van der Waals surface area contributed by atoms with Crippen LogP contribution in [0, 0.1) is 6.92 Å². The quantitative estimate of drug-likeness (QED) is 0.403. The molecule has 0 radical (unpaired) electrons. The van der Waals surface area contributed by atoms with E-state index in [2.05, 4.69) is 28.2 Å². The molecular weight excluding hydrogens is 492 g/mol. The topological polar surface area (TPSA) is 58.6 Å². The van der Waals surface area contributed by atoms with Gasteiger partial charge in [-0.05, 0) is 58.1 Å². The van der Waals surface area contributed by atoms with Crippen LogP contribution in [-0.2, 0) is 29.0 Å². The van der Waals surface area contributed by atoms with Crippen LogP contribution in [0.2, 0.25) is 0 Å². The smallest absolute Gasteiger partial charge is 0.261 e. The second kappa shape index (κ2) is 12.4. The highest BCUT2D eigenvalue weighted by molar-refractivity contribution is 9.10. The Morgan fingerprint density at radius 3 is 2.26 bits per heavy atom. The van der Waals surface area contributed by atoms with E-state index in [9.17, 15) is 9.59 Å². The summed E-state index contributed by atoms with van der Waals surface area (Å²) in [7, 11) is 1.59. The van der Waals surface area contributed by atoms with E-state index in [1.54, 1.807) is 11.9 Å². The molecule has 3 rings (SSSR count). The van der Waals surface area contributed by atoms with Crippen LogP contribution in [0.15, 0.2) is 77.3 Å². The zero-order chi connectivity index (χ0) is 24.5. The third-order valence-electron chi connectivity index (χ3n) is 5.75. The van der Waals surface area contributed by atoms with Gasteiger partial charge >= 0.3 is 0 Å². The van der Waals surface area contributed by atoms with Crippen LogP contribution in [0.5, 0.6) is 5.75 Å². The van der Waals surface area contributed by atoms with Crippen LogP contribution in [0.1, 0.15) is 29.2 Å². The van der Waals surface area contributed by atoms with Crippen molar-refractivity contribution in [2.24, 2.45) is 0 Å². The number of benzene rings is 3. The molecule has 2 amide bonds. The fourth-order valence-corrected chi connectivity index (χ4v) is 4.26. The van der Waals surface area contributed by atoms with Crippen molar-refractivity contribution in [2.75, 3.05) is 13.7 Å². The highest BCUT2D eigenvalue weighted by atomic mass is 79.9. The van der Waals surface area contributed by atoms with Gasteiger partial charge in [0.2, 0.25) is 5.91 Å². The number of aryl methyl sites for hydroxylation is 2. The highest BCUT2D eigenvalue weighted by Crippen LogP contribution is 2.26. The minimum absolute atomic E-state index is 0.168. The van der Waals surface area contributed by atoms with Gasteiger partial charge in [-0.25, -0.2) is 0 Å². The van der Waals surface area contributed by atoms with Crippen molar-refractivity contribution in [3.63, 3.8) is 0 Å². The van der Waals surface area contributed by atoms with Gasteiger partial charge in [0, 0.05) is 20.0 Å². The molecule has 0 aliphatic rings. The standard InChI is InChI=1S/C28H31BrN2O3/c1-4-21-14-15-26(24(29)16-21)34-19-27(32)31(18-23-12-10-20(2)11-13-23)25(28(33)30-3)17-22-8-6-5-7-9-22/h5-16,25H,4,17-19H2,1-3H3,(H,30,33)/t25-/m1/s1. The number of ether oxygens (including phenoxy) is 1. The van der Waals surface area contributed by atoms with Gasteiger partial charge < -0.3 is 15.0 Å². The lowest BCUT2D eigenvalue weighted by Crippen LogP contribution is -2.51. The van der Waals surface area contributed by atoms with Crippen LogP contribution in [0.25, 0.3) is 0 Å². The third kappa shape index (κ3) is 6.94. The Hall–Kier alpha value is -3.12. The lowest BCUT2D eigenvalue weighted by Gasteiger charge is -2.31. The zero-order valence-corrected chi connectivity index (χ0v) is 21.5. The van der Waals surface area contributed by atoms with Crippen LogP contribution < -0.4 is 10.1 Å². The van der Waals surface area contributed by atoms with Crippen LogP contribution in [0.4, 0.5) is 0 Å². The average molecular weight is 523 g/mol. The van der Waals surface area contributed by atoms with Crippen molar-refractivity contribution in [3.05, 3.63) is 99.5 Å². The molecule has 0 aliphatic heterocycles. The Labute approximate surface area is 210 Å². The first-order valence-corrected chi connectivity index (χ1v) is 12.2. The van der Waals surface area contributed by atoms with Gasteiger partial charge in [0.05, 0.1) is 4.47 Å². The van der Waals surface area contributed by atoms with Gasteiger partial charge in [-0.2, -0.15) is 0 Å². The van der Waals surface area contributed by atoms with E-state index in [4.69, 9.17) is 4.74 Å². The summed E-state index contributed by atoms with van der Waals surface area (Å²) in [5, 5.41) is 2.73. The van der Waals surface area contributed by atoms with E-state index in [1.165, 1.54) is 5.56 Å². The van der Waals surface area contributed by atoms with Gasteiger partial charge in [0.1, 0.15) is 11.8 Å². The van der Waals surface area contributed by atoms with Crippen molar-refractivity contribution < 1.29 is 14.3 Å². The molecule has 1 atom stereocenters. The monoisotopic (exact) mass is 522 g/mol. The van der Waals surface area contributed by atoms with Crippen molar-refractivity contribution in [1.82, 2.24) is 10.2 Å². The van der Waals surface area contributed by atoms with Crippen LogP contribution in [0.3, 0.4) is 0 Å². The van der Waals surface area contributed by atoms with Crippen LogP contribution in [-0.4, -0.2) is 36.4 Å². The van der Waals surface area contributed by atoms with Gasteiger partial charge in [0.15, 0.2) is 6.61 Å². The molecule has 0 unspecified atom stereocenters. The lowest BCUT2D eigenvalue weighted by molar-refractivity contribution is -0.142. The highest BCUT2D eigenvalue weighted by Gasteiger charge is 2.30. The molecule has 5 nitrogen and oxygen atoms in total. The molecular formula is C28H31BrN2O3. The third-order valence-corrected chi connectivity index (χ3v) is 6.37. The molecule has 6 heteroatoms.